The van der Waals surface area contributed by atoms with Gasteiger partial charge in [-0.3, -0.25) is 20.3 Å². The van der Waals surface area contributed by atoms with Gasteiger partial charge in [0.2, 0.25) is 5.91 Å². The van der Waals surface area contributed by atoms with E-state index in [-0.39, 0.29) is 10.8 Å². The predicted molar refractivity (Wildman–Crippen MR) is 69.7 cm³/mol. The first-order valence-electron chi connectivity index (χ1n) is 5.12. The van der Waals surface area contributed by atoms with Crippen LogP contribution in [0.15, 0.2) is 35.4 Å². The second-order valence-electron chi connectivity index (χ2n) is 3.64. The molecule has 1 saturated heterocycles. The smallest absolute Gasteiger partial charge is 0.275 e. The van der Waals surface area contributed by atoms with Crippen LogP contribution in [0.2, 0.25) is 0 Å². The van der Waals surface area contributed by atoms with E-state index < -0.39 is 17.7 Å². The number of nitrogens with one attached hydrogen (secondary N) is 2. The second kappa shape index (κ2) is 4.92. The van der Waals surface area contributed by atoms with E-state index in [2.05, 4.69) is 28.1 Å². The molecule has 4 N–H and O–H groups in total. The van der Waals surface area contributed by atoms with Crippen molar-refractivity contribution in [3.63, 3.8) is 0 Å². The normalized spacial score (nSPS) is 20.9. The zero-order valence-electron chi connectivity index (χ0n) is 9.21. The molecule has 1 aromatic carbocycles. The highest BCUT2D eigenvalue weighted by Gasteiger charge is 2.39. The van der Waals surface area contributed by atoms with E-state index in [0.717, 1.165) is 0 Å². The minimum Gasteiger partial charge on any atom is -0.375 e. The monoisotopic (exact) mass is 262 g/mol. The maximum absolute atomic E-state index is 11.7. The van der Waals surface area contributed by atoms with E-state index in [0.29, 0.717) is 5.56 Å². The van der Waals surface area contributed by atoms with Crippen molar-refractivity contribution in [2.24, 2.45) is 10.8 Å². The van der Waals surface area contributed by atoms with Crippen molar-refractivity contribution in [3.8, 4) is 0 Å². The number of carbonyl (C=O) groups excluding carboxylic acids is 2. The molecule has 7 heteroatoms. The molecule has 0 aliphatic carbocycles. The van der Waals surface area contributed by atoms with Gasteiger partial charge in [0.1, 0.15) is 11.6 Å². The molecule has 6 nitrogen and oxygen atoms in total. The third kappa shape index (κ3) is 2.35. The van der Waals surface area contributed by atoms with Gasteiger partial charge in [0.05, 0.1) is 0 Å². The quantitative estimate of drug-likeness (QED) is 0.383. The lowest BCUT2D eigenvalue weighted by Gasteiger charge is -2.07. The van der Waals surface area contributed by atoms with Gasteiger partial charge in [-0.1, -0.05) is 30.3 Å². The van der Waals surface area contributed by atoms with Crippen molar-refractivity contribution in [3.05, 3.63) is 35.9 Å². The summed E-state index contributed by atoms with van der Waals surface area (Å²) in [4.78, 5) is 23.3. The summed E-state index contributed by atoms with van der Waals surface area (Å²) in [5.74, 6) is -1.69. The molecule has 0 radical (unpaired) electrons. The lowest BCUT2D eigenvalue weighted by atomic mass is 9.96. The van der Waals surface area contributed by atoms with Crippen LogP contribution in [0.1, 0.15) is 11.5 Å². The zero-order chi connectivity index (χ0) is 13.1. The molecule has 18 heavy (non-hydrogen) atoms. The van der Waals surface area contributed by atoms with Crippen LogP contribution in [-0.2, 0) is 9.59 Å². The molecule has 0 unspecified atom stereocenters. The first kappa shape index (κ1) is 12.2. The molecule has 2 rings (SSSR count). The Kier molecular flexibility index (Phi) is 3.33. The lowest BCUT2D eigenvalue weighted by Crippen LogP contribution is -2.28. The second-order valence-corrected chi connectivity index (χ2v) is 4.07. The number of hydrogen-bond acceptors (Lipinski definition) is 4. The Morgan fingerprint density at radius 2 is 2.00 bits per heavy atom. The molecule has 2 amide bonds. The number of hydrazone groups is 1. The summed E-state index contributed by atoms with van der Waals surface area (Å²) < 4.78 is 0. The van der Waals surface area contributed by atoms with Crippen LogP contribution in [-0.4, -0.2) is 22.6 Å². The van der Waals surface area contributed by atoms with Crippen molar-refractivity contribution in [2.75, 3.05) is 0 Å². The third-order valence-electron chi connectivity index (χ3n) is 2.42. The van der Waals surface area contributed by atoms with E-state index in [1.807, 2.05) is 6.07 Å². The van der Waals surface area contributed by atoms with Crippen LogP contribution >= 0.6 is 12.2 Å². The number of rotatable bonds is 2. The summed E-state index contributed by atoms with van der Waals surface area (Å²) >= 11 is 4.60. The maximum atomic E-state index is 11.7. The van der Waals surface area contributed by atoms with E-state index >= 15 is 0 Å². The number of nitrogens with zero attached hydrogens (tertiary/aromatic N) is 1. The molecule has 1 atom stereocenters. The summed E-state index contributed by atoms with van der Waals surface area (Å²) in [7, 11) is 0. The number of nitrogens with two attached hydrogens (primary N) is 1. The van der Waals surface area contributed by atoms with Gasteiger partial charge in [-0.05, 0) is 17.8 Å². The molecule has 1 fully saturated rings. The van der Waals surface area contributed by atoms with Crippen LogP contribution in [0, 0.1) is 0 Å². The molecule has 0 saturated carbocycles. The van der Waals surface area contributed by atoms with Gasteiger partial charge in [0.15, 0.2) is 5.11 Å². The van der Waals surface area contributed by atoms with Crippen molar-refractivity contribution in [2.45, 2.75) is 5.92 Å². The molecule has 1 aliphatic rings. The van der Waals surface area contributed by atoms with Gasteiger partial charge in [0, 0.05) is 0 Å². The number of imide groups is 1. The number of thiocarbonyl (C=S) groups is 1. The first-order chi connectivity index (χ1) is 8.59. The summed E-state index contributed by atoms with van der Waals surface area (Å²) in [6.07, 6.45) is 0. The highest BCUT2D eigenvalue weighted by molar-refractivity contribution is 7.80. The number of benzene rings is 1. The van der Waals surface area contributed by atoms with E-state index in [9.17, 15) is 9.59 Å². The van der Waals surface area contributed by atoms with E-state index in [1.54, 1.807) is 24.3 Å². The van der Waals surface area contributed by atoms with Crippen LogP contribution in [0.25, 0.3) is 0 Å². The largest absolute Gasteiger partial charge is 0.375 e. The average molecular weight is 262 g/mol. The van der Waals surface area contributed by atoms with Crippen LogP contribution < -0.4 is 16.5 Å². The molecule has 1 heterocycles. The zero-order valence-corrected chi connectivity index (χ0v) is 10.0. The fraction of sp³-hybridized carbons (Fsp3) is 0.0909. The van der Waals surface area contributed by atoms with Crippen molar-refractivity contribution >= 4 is 34.9 Å². The topological polar surface area (TPSA) is 96.6 Å². The molecular formula is C11H10N4O2S. The van der Waals surface area contributed by atoms with Crippen molar-refractivity contribution < 1.29 is 9.59 Å². The maximum Gasteiger partial charge on any atom is 0.275 e. The van der Waals surface area contributed by atoms with E-state index in [1.165, 1.54) is 0 Å². The Morgan fingerprint density at radius 3 is 2.61 bits per heavy atom. The Bertz CT molecular complexity index is 541. The Labute approximate surface area is 108 Å². The third-order valence-corrected chi connectivity index (χ3v) is 2.52. The van der Waals surface area contributed by atoms with Crippen molar-refractivity contribution in [1.29, 1.82) is 0 Å². The number of carbonyl (C=O) groups is 2. The highest BCUT2D eigenvalue weighted by Crippen LogP contribution is 2.21. The fourth-order valence-corrected chi connectivity index (χ4v) is 1.73. The van der Waals surface area contributed by atoms with Crippen LogP contribution in [0.5, 0.6) is 0 Å². The molecule has 0 spiro atoms. The standard InChI is InChI=1S/C11H10N4O2S/c12-11(18)15-14-8-7(9(16)13-10(8)17)6-4-2-1-3-5-6/h1-5,7H,(H3,12,15,18)(H,13,16,17)/b14-8+/t7-/m0/s1. The average Bonchev–Trinajstić information content (AvgIpc) is 2.62. The lowest BCUT2D eigenvalue weighted by molar-refractivity contribution is -0.124. The molecule has 0 bridgehead atoms. The molecule has 92 valence electrons. The summed E-state index contributed by atoms with van der Waals surface area (Å²) in [6, 6.07) is 8.88. The molecule has 1 aliphatic heterocycles. The Hall–Kier alpha value is -2.28. The van der Waals surface area contributed by atoms with Gasteiger partial charge in [0.25, 0.3) is 5.91 Å². The SMILES string of the molecule is NC(=S)N/N=C1/C(=O)NC(=O)[C@H]1c1ccccc1. The summed E-state index contributed by atoms with van der Waals surface area (Å²) in [6.45, 7) is 0. The molecular weight excluding hydrogens is 252 g/mol. The van der Waals surface area contributed by atoms with Crippen LogP contribution in [0.3, 0.4) is 0 Å². The molecule has 0 aromatic heterocycles. The summed E-state index contributed by atoms with van der Waals surface area (Å²) in [5.41, 5.74) is 8.29. The van der Waals surface area contributed by atoms with Crippen LogP contribution in [0.4, 0.5) is 0 Å². The molecule has 1 aromatic rings. The highest BCUT2D eigenvalue weighted by atomic mass is 32.1. The fourth-order valence-electron chi connectivity index (χ4n) is 1.69. The number of amides is 2. The van der Waals surface area contributed by atoms with Crippen molar-refractivity contribution in [1.82, 2.24) is 10.7 Å². The van der Waals surface area contributed by atoms with Gasteiger partial charge in [-0.2, -0.15) is 5.10 Å². The predicted octanol–water partition coefficient (Wildman–Crippen LogP) is -0.384. The number of hydrogen-bond donors (Lipinski definition) is 3. The minimum absolute atomic E-state index is 0.0546. The first-order valence-corrected chi connectivity index (χ1v) is 5.53. The van der Waals surface area contributed by atoms with Gasteiger partial charge >= 0.3 is 0 Å². The van der Waals surface area contributed by atoms with E-state index in [4.69, 9.17) is 5.73 Å². The summed E-state index contributed by atoms with van der Waals surface area (Å²) in [5, 5.41) is 5.92. The van der Waals surface area contributed by atoms with Gasteiger partial charge < -0.3 is 5.73 Å². The van der Waals surface area contributed by atoms with Gasteiger partial charge in [-0.15, -0.1) is 0 Å². The minimum atomic E-state index is -0.736. The Balaban J connectivity index is 2.37. The Morgan fingerprint density at radius 1 is 1.33 bits per heavy atom. The van der Waals surface area contributed by atoms with Gasteiger partial charge in [-0.25, -0.2) is 0 Å².